The topological polar surface area (TPSA) is 0 Å². The maximum atomic E-state index is 2.36. The highest BCUT2D eigenvalue weighted by molar-refractivity contribution is 8.01. The van der Waals surface area contributed by atoms with Crippen LogP contribution in [0.1, 0.15) is 18.9 Å². The molecular formula is C11H14S2. The molecule has 1 atom stereocenters. The minimum Gasteiger partial charge on any atom is -0.154 e. The Labute approximate surface area is 88.5 Å². The van der Waals surface area contributed by atoms with Crippen LogP contribution < -0.4 is 0 Å². The number of fused-ring (bicyclic) bond motifs is 1. The number of hydrogen-bond acceptors (Lipinski definition) is 2. The van der Waals surface area contributed by atoms with Crippen LogP contribution in [0.5, 0.6) is 0 Å². The molecule has 2 rings (SSSR count). The summed E-state index contributed by atoms with van der Waals surface area (Å²) in [5.41, 5.74) is 1.53. The quantitative estimate of drug-likeness (QED) is 0.692. The fraction of sp³-hybridized carbons (Fsp3) is 0.455. The van der Waals surface area contributed by atoms with Crippen molar-refractivity contribution in [3.8, 4) is 0 Å². The Bertz CT molecular complexity index is 309. The van der Waals surface area contributed by atoms with Gasteiger partial charge in [0.15, 0.2) is 0 Å². The van der Waals surface area contributed by atoms with Crippen molar-refractivity contribution in [1.29, 1.82) is 0 Å². The average molecular weight is 210 g/mol. The van der Waals surface area contributed by atoms with Gasteiger partial charge < -0.3 is 0 Å². The number of rotatable bonds is 1. The van der Waals surface area contributed by atoms with Crippen molar-refractivity contribution >= 4 is 23.5 Å². The van der Waals surface area contributed by atoms with Gasteiger partial charge in [0.1, 0.15) is 0 Å². The largest absolute Gasteiger partial charge is 0.154 e. The van der Waals surface area contributed by atoms with Crippen molar-refractivity contribution in [3.63, 3.8) is 0 Å². The first-order valence-corrected chi connectivity index (χ1v) is 6.75. The molecule has 1 unspecified atom stereocenters. The first-order valence-electron chi connectivity index (χ1n) is 4.54. The highest BCUT2D eigenvalue weighted by atomic mass is 32.2. The lowest BCUT2D eigenvalue weighted by Crippen LogP contribution is -2.22. The molecule has 1 aromatic rings. The van der Waals surface area contributed by atoms with Crippen LogP contribution in [0.4, 0.5) is 0 Å². The van der Waals surface area contributed by atoms with Crippen LogP contribution in [-0.4, -0.2) is 12.0 Å². The van der Waals surface area contributed by atoms with E-state index in [1.165, 1.54) is 22.6 Å². The third kappa shape index (κ3) is 1.62. The summed E-state index contributed by atoms with van der Waals surface area (Å²) in [6.45, 7) is 2.36. The second-order valence-electron chi connectivity index (χ2n) is 3.53. The second kappa shape index (κ2) is 3.58. The third-order valence-electron chi connectivity index (χ3n) is 2.74. The molecule has 0 aliphatic carbocycles. The zero-order valence-electron chi connectivity index (χ0n) is 8.04. The standard InChI is InChI=1S/C11H14S2/c1-11(12-2)7-8-13-10-6-4-3-5-9(10)11/h3-6H,7-8H2,1-2H3. The molecule has 13 heavy (non-hydrogen) atoms. The van der Waals surface area contributed by atoms with Gasteiger partial charge in [0, 0.05) is 9.64 Å². The lowest BCUT2D eigenvalue weighted by molar-refractivity contribution is 0.649. The van der Waals surface area contributed by atoms with E-state index >= 15 is 0 Å². The molecular weight excluding hydrogens is 196 g/mol. The number of thioether (sulfide) groups is 2. The summed E-state index contributed by atoms with van der Waals surface area (Å²) in [5.74, 6) is 1.26. The van der Waals surface area contributed by atoms with Gasteiger partial charge in [0.05, 0.1) is 0 Å². The molecule has 0 fully saturated rings. The maximum absolute atomic E-state index is 2.36. The highest BCUT2D eigenvalue weighted by Crippen LogP contribution is 2.47. The van der Waals surface area contributed by atoms with Crippen molar-refractivity contribution in [2.45, 2.75) is 23.0 Å². The SMILES string of the molecule is CSC1(C)CCSc2ccccc21. The van der Waals surface area contributed by atoms with Gasteiger partial charge >= 0.3 is 0 Å². The molecule has 0 aromatic heterocycles. The maximum Gasteiger partial charge on any atom is 0.0396 e. The van der Waals surface area contributed by atoms with Gasteiger partial charge in [-0.15, -0.1) is 11.8 Å². The van der Waals surface area contributed by atoms with Gasteiger partial charge in [0.25, 0.3) is 0 Å². The van der Waals surface area contributed by atoms with Gasteiger partial charge in [-0.05, 0) is 37.0 Å². The van der Waals surface area contributed by atoms with E-state index in [0.717, 1.165) is 0 Å². The van der Waals surface area contributed by atoms with E-state index in [2.05, 4.69) is 37.4 Å². The van der Waals surface area contributed by atoms with E-state index in [0.29, 0.717) is 4.75 Å². The highest BCUT2D eigenvalue weighted by Gasteiger charge is 2.30. The van der Waals surface area contributed by atoms with Crippen LogP contribution in [0, 0.1) is 0 Å². The molecule has 0 radical (unpaired) electrons. The fourth-order valence-electron chi connectivity index (χ4n) is 1.73. The van der Waals surface area contributed by atoms with Crippen molar-refractivity contribution in [1.82, 2.24) is 0 Å². The van der Waals surface area contributed by atoms with E-state index < -0.39 is 0 Å². The predicted octanol–water partition coefficient (Wildman–Crippen LogP) is 3.76. The zero-order valence-corrected chi connectivity index (χ0v) is 9.67. The molecule has 0 N–H and O–H groups in total. The van der Waals surface area contributed by atoms with E-state index in [9.17, 15) is 0 Å². The Morgan fingerprint density at radius 3 is 2.92 bits per heavy atom. The Balaban J connectivity index is 2.48. The van der Waals surface area contributed by atoms with Crippen molar-refractivity contribution in [3.05, 3.63) is 29.8 Å². The molecule has 0 spiro atoms. The summed E-state index contributed by atoms with van der Waals surface area (Å²) in [7, 11) is 0. The summed E-state index contributed by atoms with van der Waals surface area (Å²) in [6.07, 6.45) is 3.50. The van der Waals surface area contributed by atoms with Gasteiger partial charge in [-0.2, -0.15) is 11.8 Å². The summed E-state index contributed by atoms with van der Waals surface area (Å²) in [6, 6.07) is 8.81. The summed E-state index contributed by atoms with van der Waals surface area (Å²) in [5, 5.41) is 0. The Hall–Kier alpha value is -0.0800. The van der Waals surface area contributed by atoms with Crippen molar-refractivity contribution in [2.75, 3.05) is 12.0 Å². The zero-order chi connectivity index (χ0) is 9.31. The minimum absolute atomic E-state index is 0.349. The third-order valence-corrected chi connectivity index (χ3v) is 5.14. The van der Waals surface area contributed by atoms with E-state index in [-0.39, 0.29) is 0 Å². The van der Waals surface area contributed by atoms with E-state index in [4.69, 9.17) is 0 Å². The molecule has 2 heteroatoms. The second-order valence-corrected chi connectivity index (χ2v) is 5.98. The van der Waals surface area contributed by atoms with Crippen molar-refractivity contribution < 1.29 is 0 Å². The van der Waals surface area contributed by atoms with Crippen LogP contribution in [0.3, 0.4) is 0 Å². The normalized spacial score (nSPS) is 26.9. The molecule has 1 aliphatic heterocycles. The summed E-state index contributed by atoms with van der Waals surface area (Å²) in [4.78, 5) is 1.48. The van der Waals surface area contributed by atoms with Gasteiger partial charge in [0.2, 0.25) is 0 Å². The Kier molecular flexibility index (Phi) is 2.61. The van der Waals surface area contributed by atoms with Crippen LogP contribution in [-0.2, 0) is 4.75 Å². The van der Waals surface area contributed by atoms with Gasteiger partial charge in [-0.25, -0.2) is 0 Å². The van der Waals surface area contributed by atoms with Crippen molar-refractivity contribution in [2.24, 2.45) is 0 Å². The number of benzene rings is 1. The van der Waals surface area contributed by atoms with Crippen LogP contribution in [0.25, 0.3) is 0 Å². The first-order chi connectivity index (χ1) is 6.26. The lowest BCUT2D eigenvalue weighted by atomic mass is 9.97. The molecule has 1 aromatic carbocycles. The van der Waals surface area contributed by atoms with Gasteiger partial charge in [-0.1, -0.05) is 18.2 Å². The summed E-state index contributed by atoms with van der Waals surface area (Å²) < 4.78 is 0.349. The molecule has 0 saturated heterocycles. The van der Waals surface area contributed by atoms with Crippen LogP contribution >= 0.6 is 23.5 Å². The summed E-state index contributed by atoms with van der Waals surface area (Å²) >= 11 is 3.97. The van der Waals surface area contributed by atoms with Crippen LogP contribution in [0.2, 0.25) is 0 Å². The predicted molar refractivity (Wildman–Crippen MR) is 62.7 cm³/mol. The molecule has 0 nitrogen and oxygen atoms in total. The van der Waals surface area contributed by atoms with Gasteiger partial charge in [-0.3, -0.25) is 0 Å². The average Bonchev–Trinajstić information content (AvgIpc) is 2.19. The molecule has 1 heterocycles. The van der Waals surface area contributed by atoms with Crippen LogP contribution in [0.15, 0.2) is 29.2 Å². The number of hydrogen-bond donors (Lipinski definition) is 0. The molecule has 0 amide bonds. The fourth-order valence-corrected chi connectivity index (χ4v) is 3.98. The van der Waals surface area contributed by atoms with E-state index in [1.807, 2.05) is 23.5 Å². The van der Waals surface area contributed by atoms with E-state index in [1.54, 1.807) is 0 Å². The molecule has 1 aliphatic rings. The Morgan fingerprint density at radius 2 is 2.15 bits per heavy atom. The monoisotopic (exact) mass is 210 g/mol. The molecule has 0 saturated carbocycles. The minimum atomic E-state index is 0.349. The first kappa shape index (κ1) is 9.47. The lowest BCUT2D eigenvalue weighted by Gasteiger charge is -2.33. The molecule has 0 bridgehead atoms. The Morgan fingerprint density at radius 1 is 1.38 bits per heavy atom. The molecule has 70 valence electrons. The smallest absolute Gasteiger partial charge is 0.0396 e.